The number of aliphatic imine (C=N–C) groups is 2. The van der Waals surface area contributed by atoms with Crippen LogP contribution in [0.5, 0.6) is 5.75 Å². The van der Waals surface area contributed by atoms with Gasteiger partial charge in [-0.15, -0.1) is 0 Å². The zero-order chi connectivity index (χ0) is 16.2. The summed E-state index contributed by atoms with van der Waals surface area (Å²) in [7, 11) is 0. The molecule has 0 unspecified atom stereocenters. The second kappa shape index (κ2) is 6.52. The predicted octanol–water partition coefficient (Wildman–Crippen LogP) is 0.650. The molecule has 0 amide bonds. The average molecular weight is 306 g/mol. The van der Waals surface area contributed by atoms with Crippen molar-refractivity contribution in [1.82, 2.24) is 5.06 Å². The molecule has 1 heterocycles. The summed E-state index contributed by atoms with van der Waals surface area (Å²) in [5.41, 5.74) is 17.1. The molecule has 0 spiro atoms. The third kappa shape index (κ3) is 3.79. The Morgan fingerprint density at radius 3 is 2.55 bits per heavy atom. The number of rotatable bonds is 6. The molecule has 0 bridgehead atoms. The fraction of sp³-hybridized carbons (Fsp3) is 0.429. The zero-order valence-corrected chi connectivity index (χ0v) is 12.8. The van der Waals surface area contributed by atoms with E-state index in [1.54, 1.807) is 6.07 Å². The van der Waals surface area contributed by atoms with Crippen molar-refractivity contribution in [3.63, 3.8) is 0 Å². The Morgan fingerprint density at radius 1 is 1.14 bits per heavy atom. The summed E-state index contributed by atoms with van der Waals surface area (Å²) >= 11 is 0. The largest absolute Gasteiger partial charge is 0.491 e. The second-order valence-electron chi connectivity index (χ2n) is 5.30. The van der Waals surface area contributed by atoms with Gasteiger partial charge in [0.05, 0.1) is 18.9 Å². The van der Waals surface area contributed by atoms with Crippen molar-refractivity contribution < 1.29 is 9.57 Å². The van der Waals surface area contributed by atoms with E-state index in [0.717, 1.165) is 0 Å². The highest BCUT2D eigenvalue weighted by Crippen LogP contribution is 2.21. The lowest BCUT2D eigenvalue weighted by Gasteiger charge is -2.36. The van der Waals surface area contributed by atoms with Gasteiger partial charge in [0, 0.05) is 6.42 Å². The summed E-state index contributed by atoms with van der Waals surface area (Å²) in [6.45, 7) is 4.55. The first-order chi connectivity index (χ1) is 10.4. The molecule has 0 saturated heterocycles. The van der Waals surface area contributed by atoms with Crippen LogP contribution in [0.15, 0.2) is 34.3 Å². The highest BCUT2D eigenvalue weighted by atomic mass is 16.7. The normalized spacial score (nSPS) is 16.9. The number of nitrogens with two attached hydrogens (primary N) is 3. The standard InChI is InChI=1S/C14H22N6O2/c1-14(2)19-12(16)18-13(17)20(14)22-9-5-8-21-11-7-4-3-6-10(11)15/h3-4,6-7H,5,8-9,15H2,1-2H3,(H4,16,17,18,19). The maximum absolute atomic E-state index is 5.81. The summed E-state index contributed by atoms with van der Waals surface area (Å²) in [5.74, 6) is 0.996. The molecule has 0 aliphatic carbocycles. The van der Waals surface area contributed by atoms with Gasteiger partial charge in [-0.25, -0.2) is 4.99 Å². The highest BCUT2D eigenvalue weighted by molar-refractivity contribution is 5.95. The van der Waals surface area contributed by atoms with Gasteiger partial charge in [-0.05, 0) is 26.0 Å². The number of hydrogen-bond donors (Lipinski definition) is 3. The maximum Gasteiger partial charge on any atom is 0.226 e. The fourth-order valence-corrected chi connectivity index (χ4v) is 2.03. The van der Waals surface area contributed by atoms with Crippen molar-refractivity contribution in [3.05, 3.63) is 24.3 Å². The van der Waals surface area contributed by atoms with Crippen LogP contribution < -0.4 is 21.9 Å². The molecule has 22 heavy (non-hydrogen) atoms. The van der Waals surface area contributed by atoms with Gasteiger partial charge in [-0.3, -0.25) is 4.84 Å². The number of guanidine groups is 2. The van der Waals surface area contributed by atoms with Crippen LogP contribution in [0.3, 0.4) is 0 Å². The number of ether oxygens (including phenoxy) is 1. The van der Waals surface area contributed by atoms with Crippen molar-refractivity contribution >= 4 is 17.6 Å². The molecule has 2 rings (SSSR count). The van der Waals surface area contributed by atoms with Crippen LogP contribution in [0.2, 0.25) is 0 Å². The van der Waals surface area contributed by atoms with E-state index in [2.05, 4.69) is 9.98 Å². The van der Waals surface area contributed by atoms with Crippen LogP contribution in [-0.2, 0) is 4.84 Å². The third-order valence-corrected chi connectivity index (χ3v) is 3.01. The van der Waals surface area contributed by atoms with Gasteiger partial charge >= 0.3 is 0 Å². The Kier molecular flexibility index (Phi) is 4.71. The second-order valence-corrected chi connectivity index (χ2v) is 5.30. The Morgan fingerprint density at radius 2 is 1.86 bits per heavy atom. The van der Waals surface area contributed by atoms with Gasteiger partial charge in [0.2, 0.25) is 11.9 Å². The molecule has 6 N–H and O–H groups in total. The highest BCUT2D eigenvalue weighted by Gasteiger charge is 2.32. The number of nitrogen functional groups attached to an aromatic ring is 1. The molecule has 1 aliphatic heterocycles. The topological polar surface area (TPSA) is 124 Å². The summed E-state index contributed by atoms with van der Waals surface area (Å²) in [6, 6.07) is 7.35. The summed E-state index contributed by atoms with van der Waals surface area (Å²) < 4.78 is 5.59. The van der Waals surface area contributed by atoms with Crippen molar-refractivity contribution in [2.75, 3.05) is 18.9 Å². The van der Waals surface area contributed by atoms with Crippen LogP contribution in [0.1, 0.15) is 20.3 Å². The molecule has 0 atom stereocenters. The number of para-hydroxylation sites is 2. The number of anilines is 1. The van der Waals surface area contributed by atoms with E-state index in [1.807, 2.05) is 32.0 Å². The van der Waals surface area contributed by atoms with E-state index in [4.69, 9.17) is 26.8 Å². The molecule has 0 fully saturated rings. The van der Waals surface area contributed by atoms with Crippen molar-refractivity contribution in [2.45, 2.75) is 25.9 Å². The quantitative estimate of drug-likeness (QED) is 0.523. The average Bonchev–Trinajstić information content (AvgIpc) is 2.42. The molecule has 1 aromatic rings. The molecule has 0 saturated carbocycles. The van der Waals surface area contributed by atoms with Gasteiger partial charge in [0.1, 0.15) is 5.75 Å². The van der Waals surface area contributed by atoms with Crippen LogP contribution in [0.4, 0.5) is 5.69 Å². The Bertz CT molecular complexity index is 584. The predicted molar refractivity (Wildman–Crippen MR) is 86.1 cm³/mol. The molecular weight excluding hydrogens is 284 g/mol. The van der Waals surface area contributed by atoms with Crippen molar-refractivity contribution in [3.8, 4) is 5.75 Å². The van der Waals surface area contributed by atoms with Gasteiger partial charge in [0.25, 0.3) is 0 Å². The minimum absolute atomic E-state index is 0.144. The van der Waals surface area contributed by atoms with E-state index >= 15 is 0 Å². The van der Waals surface area contributed by atoms with Gasteiger partial charge < -0.3 is 21.9 Å². The minimum atomic E-state index is -0.694. The third-order valence-electron chi connectivity index (χ3n) is 3.01. The maximum atomic E-state index is 5.81. The number of hydroxylamine groups is 2. The first-order valence-electron chi connectivity index (χ1n) is 7.00. The Labute approximate surface area is 129 Å². The number of nitrogens with zero attached hydrogens (tertiary/aromatic N) is 3. The number of benzene rings is 1. The van der Waals surface area contributed by atoms with E-state index in [1.165, 1.54) is 5.06 Å². The van der Waals surface area contributed by atoms with Crippen LogP contribution >= 0.6 is 0 Å². The number of hydrogen-bond acceptors (Lipinski definition) is 8. The van der Waals surface area contributed by atoms with Gasteiger partial charge in [0.15, 0.2) is 5.66 Å². The SMILES string of the molecule is CC1(C)N=C(N)N=C(N)N1OCCCOc1ccccc1N. The summed E-state index contributed by atoms with van der Waals surface area (Å²) in [4.78, 5) is 13.7. The van der Waals surface area contributed by atoms with E-state index in [-0.39, 0.29) is 11.9 Å². The fourth-order valence-electron chi connectivity index (χ4n) is 2.03. The van der Waals surface area contributed by atoms with Gasteiger partial charge in [-0.2, -0.15) is 10.1 Å². The molecule has 8 heteroatoms. The molecular formula is C14H22N6O2. The van der Waals surface area contributed by atoms with Crippen LogP contribution in [0, 0.1) is 0 Å². The van der Waals surface area contributed by atoms with E-state index in [9.17, 15) is 0 Å². The smallest absolute Gasteiger partial charge is 0.226 e. The lowest BCUT2D eigenvalue weighted by Crippen LogP contribution is -2.53. The lowest BCUT2D eigenvalue weighted by molar-refractivity contribution is -0.158. The molecule has 0 radical (unpaired) electrons. The van der Waals surface area contributed by atoms with Gasteiger partial charge in [-0.1, -0.05) is 12.1 Å². The van der Waals surface area contributed by atoms with E-state index < -0.39 is 5.66 Å². The summed E-state index contributed by atoms with van der Waals surface area (Å²) in [6.07, 6.45) is 0.660. The van der Waals surface area contributed by atoms with Crippen molar-refractivity contribution in [1.29, 1.82) is 0 Å². The Balaban J connectivity index is 1.77. The first kappa shape index (κ1) is 15.9. The molecule has 1 aliphatic rings. The minimum Gasteiger partial charge on any atom is -0.491 e. The zero-order valence-electron chi connectivity index (χ0n) is 12.8. The lowest BCUT2D eigenvalue weighted by atomic mass is 10.2. The first-order valence-corrected chi connectivity index (χ1v) is 7.00. The van der Waals surface area contributed by atoms with Crippen LogP contribution in [-0.4, -0.2) is 35.9 Å². The molecule has 0 aromatic heterocycles. The summed E-state index contributed by atoms with van der Waals surface area (Å²) in [5, 5.41) is 1.44. The molecule has 1 aromatic carbocycles. The Hall–Kier alpha value is -2.48. The van der Waals surface area contributed by atoms with Crippen LogP contribution in [0.25, 0.3) is 0 Å². The molecule has 120 valence electrons. The van der Waals surface area contributed by atoms with E-state index in [0.29, 0.717) is 31.1 Å². The van der Waals surface area contributed by atoms with Crippen molar-refractivity contribution in [2.24, 2.45) is 21.5 Å². The molecule has 8 nitrogen and oxygen atoms in total. The monoisotopic (exact) mass is 306 g/mol.